The molecule has 0 aliphatic heterocycles. The lowest BCUT2D eigenvalue weighted by Crippen LogP contribution is -1.99. The minimum atomic E-state index is 0.219. The average Bonchev–Trinajstić information content (AvgIpc) is 2.98. The van der Waals surface area contributed by atoms with E-state index in [1.807, 2.05) is 18.2 Å². The quantitative estimate of drug-likeness (QED) is 0.678. The molecule has 1 aromatic carbocycles. The van der Waals surface area contributed by atoms with Gasteiger partial charge in [0, 0.05) is 10.9 Å². The van der Waals surface area contributed by atoms with Crippen LogP contribution in [0.4, 0.5) is 11.5 Å². The molecule has 5 nitrogen and oxygen atoms in total. The van der Waals surface area contributed by atoms with E-state index in [-0.39, 0.29) is 5.28 Å². The van der Waals surface area contributed by atoms with Gasteiger partial charge in [-0.1, -0.05) is 6.92 Å². The summed E-state index contributed by atoms with van der Waals surface area (Å²) in [5.41, 5.74) is 0.786. The number of benzene rings is 1. The number of hydrogen-bond donors (Lipinski definition) is 1. The highest BCUT2D eigenvalue weighted by molar-refractivity contribution is 7.18. The van der Waals surface area contributed by atoms with Crippen molar-refractivity contribution in [3.63, 3.8) is 0 Å². The van der Waals surface area contributed by atoms with Crippen molar-refractivity contribution in [2.45, 2.75) is 13.3 Å². The molecule has 2 aromatic heterocycles. The van der Waals surface area contributed by atoms with Gasteiger partial charge in [0.1, 0.15) is 22.1 Å². The fourth-order valence-corrected chi connectivity index (χ4v) is 3.43. The van der Waals surface area contributed by atoms with Crippen LogP contribution < -0.4 is 14.8 Å². The van der Waals surface area contributed by atoms with Crippen molar-refractivity contribution < 1.29 is 9.47 Å². The Bertz CT molecular complexity index is 851. The molecular weight excluding hydrogens is 334 g/mol. The third-order valence-electron chi connectivity index (χ3n) is 3.43. The Kier molecular flexibility index (Phi) is 4.54. The summed E-state index contributed by atoms with van der Waals surface area (Å²) in [4.78, 5) is 10.7. The summed E-state index contributed by atoms with van der Waals surface area (Å²) in [7, 11) is 3.23. The second-order valence-electron chi connectivity index (χ2n) is 4.82. The summed E-state index contributed by atoms with van der Waals surface area (Å²) in [6.07, 6.45) is 0.948. The van der Waals surface area contributed by atoms with Crippen LogP contribution in [0.25, 0.3) is 10.2 Å². The van der Waals surface area contributed by atoms with E-state index in [1.54, 1.807) is 25.6 Å². The number of aromatic nitrogens is 2. The number of halogens is 1. The predicted molar refractivity (Wildman–Crippen MR) is 94.6 cm³/mol. The van der Waals surface area contributed by atoms with Gasteiger partial charge in [0.05, 0.1) is 25.3 Å². The van der Waals surface area contributed by atoms with E-state index in [1.165, 1.54) is 4.88 Å². The van der Waals surface area contributed by atoms with Crippen molar-refractivity contribution in [3.8, 4) is 11.5 Å². The van der Waals surface area contributed by atoms with Gasteiger partial charge >= 0.3 is 0 Å². The van der Waals surface area contributed by atoms with Crippen LogP contribution in [0.2, 0.25) is 5.28 Å². The number of thiophene rings is 1. The smallest absolute Gasteiger partial charge is 0.225 e. The average molecular weight is 350 g/mol. The van der Waals surface area contributed by atoms with Crippen molar-refractivity contribution in [2.24, 2.45) is 0 Å². The summed E-state index contributed by atoms with van der Waals surface area (Å²) < 4.78 is 10.6. The van der Waals surface area contributed by atoms with Crippen LogP contribution in [-0.4, -0.2) is 24.2 Å². The molecular formula is C16H16ClN3O2S. The second kappa shape index (κ2) is 6.60. The Morgan fingerprint density at radius 3 is 2.70 bits per heavy atom. The second-order valence-corrected chi connectivity index (χ2v) is 6.27. The number of nitrogens with zero attached hydrogens (tertiary/aromatic N) is 2. The van der Waals surface area contributed by atoms with Crippen LogP contribution in [0.15, 0.2) is 24.3 Å². The third kappa shape index (κ3) is 3.18. The normalized spacial score (nSPS) is 10.8. The molecule has 1 N–H and O–H groups in total. The van der Waals surface area contributed by atoms with Gasteiger partial charge in [-0.2, -0.15) is 4.98 Å². The number of nitrogens with one attached hydrogen (secondary N) is 1. The molecule has 0 unspecified atom stereocenters. The Balaban J connectivity index is 2.06. The summed E-state index contributed by atoms with van der Waals surface area (Å²) in [6.45, 7) is 2.11. The standard InChI is InChI=1S/C16H16ClN3O2S/c1-4-10-8-11-14(19-16(17)20-15(11)23-10)18-12-6-5-9(21-2)7-13(12)22-3/h5-8H,4H2,1-3H3,(H,18,19,20). The summed E-state index contributed by atoms with van der Waals surface area (Å²) in [5.74, 6) is 2.06. The monoisotopic (exact) mass is 349 g/mol. The minimum Gasteiger partial charge on any atom is -0.497 e. The highest BCUT2D eigenvalue weighted by Gasteiger charge is 2.13. The lowest BCUT2D eigenvalue weighted by molar-refractivity contribution is 0.395. The van der Waals surface area contributed by atoms with E-state index in [0.717, 1.165) is 28.1 Å². The van der Waals surface area contributed by atoms with Crippen molar-refractivity contribution in [3.05, 3.63) is 34.4 Å². The highest BCUT2D eigenvalue weighted by Crippen LogP contribution is 2.35. The van der Waals surface area contributed by atoms with Gasteiger partial charge in [0.25, 0.3) is 0 Å². The molecule has 3 rings (SSSR count). The zero-order valence-corrected chi connectivity index (χ0v) is 14.6. The van der Waals surface area contributed by atoms with Crippen LogP contribution in [0.5, 0.6) is 11.5 Å². The van der Waals surface area contributed by atoms with Gasteiger partial charge in [-0.25, -0.2) is 4.98 Å². The molecule has 0 fully saturated rings. The molecule has 0 amide bonds. The van der Waals surface area contributed by atoms with Gasteiger partial charge < -0.3 is 14.8 Å². The van der Waals surface area contributed by atoms with Crippen molar-refractivity contribution in [1.29, 1.82) is 0 Å². The largest absolute Gasteiger partial charge is 0.497 e. The number of rotatable bonds is 5. The number of anilines is 2. The Hall–Kier alpha value is -2.05. The molecule has 0 aliphatic carbocycles. The van der Waals surface area contributed by atoms with Crippen LogP contribution >= 0.6 is 22.9 Å². The van der Waals surface area contributed by atoms with Crippen LogP contribution in [0.1, 0.15) is 11.8 Å². The van der Waals surface area contributed by atoms with Gasteiger partial charge in [0.15, 0.2) is 0 Å². The summed E-state index contributed by atoms with van der Waals surface area (Å²) in [5, 5.41) is 4.46. The first-order valence-electron chi connectivity index (χ1n) is 7.09. The maximum atomic E-state index is 6.06. The molecule has 3 aromatic rings. The fourth-order valence-electron chi connectivity index (χ4n) is 2.24. The first-order valence-corrected chi connectivity index (χ1v) is 8.29. The zero-order valence-electron chi connectivity index (χ0n) is 13.0. The Morgan fingerprint density at radius 2 is 2.00 bits per heavy atom. The molecule has 0 saturated carbocycles. The number of fused-ring (bicyclic) bond motifs is 1. The van der Waals surface area contributed by atoms with E-state index in [2.05, 4.69) is 28.3 Å². The first kappa shape index (κ1) is 15.8. The molecule has 0 bridgehead atoms. The van der Waals surface area contributed by atoms with E-state index in [4.69, 9.17) is 21.1 Å². The minimum absolute atomic E-state index is 0.219. The van der Waals surface area contributed by atoms with Gasteiger partial charge in [-0.05, 0) is 36.2 Å². The lowest BCUT2D eigenvalue weighted by atomic mass is 10.2. The fraction of sp³-hybridized carbons (Fsp3) is 0.250. The topological polar surface area (TPSA) is 56.3 Å². The Morgan fingerprint density at radius 1 is 1.17 bits per heavy atom. The molecule has 0 saturated heterocycles. The SMILES string of the molecule is CCc1cc2c(Nc3ccc(OC)cc3OC)nc(Cl)nc2s1. The molecule has 0 atom stereocenters. The molecule has 0 aliphatic rings. The molecule has 0 spiro atoms. The van der Waals surface area contributed by atoms with Crippen LogP contribution in [0, 0.1) is 0 Å². The van der Waals surface area contributed by atoms with Gasteiger partial charge in [-0.3, -0.25) is 0 Å². The lowest BCUT2D eigenvalue weighted by Gasteiger charge is -2.12. The Labute approximate surface area is 143 Å². The molecule has 2 heterocycles. The van der Waals surface area contributed by atoms with Crippen molar-refractivity contribution in [2.75, 3.05) is 19.5 Å². The van der Waals surface area contributed by atoms with Crippen LogP contribution in [0.3, 0.4) is 0 Å². The van der Waals surface area contributed by atoms with Crippen LogP contribution in [-0.2, 0) is 6.42 Å². The first-order chi connectivity index (χ1) is 11.1. The number of methoxy groups -OCH3 is 2. The molecule has 7 heteroatoms. The van der Waals surface area contributed by atoms with Gasteiger partial charge in [-0.15, -0.1) is 11.3 Å². The van der Waals surface area contributed by atoms with Crippen molar-refractivity contribution >= 4 is 44.7 Å². The van der Waals surface area contributed by atoms with Gasteiger partial charge in [0.2, 0.25) is 5.28 Å². The molecule has 0 radical (unpaired) electrons. The third-order valence-corrected chi connectivity index (χ3v) is 4.77. The van der Waals surface area contributed by atoms with E-state index in [9.17, 15) is 0 Å². The summed E-state index contributed by atoms with van der Waals surface area (Å²) in [6, 6.07) is 7.64. The highest BCUT2D eigenvalue weighted by atomic mass is 35.5. The number of hydrogen-bond acceptors (Lipinski definition) is 6. The summed E-state index contributed by atoms with van der Waals surface area (Å²) >= 11 is 7.68. The maximum Gasteiger partial charge on any atom is 0.225 e. The number of aryl methyl sites for hydroxylation is 1. The predicted octanol–water partition coefficient (Wildman–Crippen LogP) is 4.67. The molecule has 120 valence electrons. The number of ether oxygens (including phenoxy) is 2. The maximum absolute atomic E-state index is 6.06. The van der Waals surface area contributed by atoms with E-state index < -0.39 is 0 Å². The van der Waals surface area contributed by atoms with Crippen molar-refractivity contribution in [1.82, 2.24) is 9.97 Å². The zero-order chi connectivity index (χ0) is 16.4. The molecule has 23 heavy (non-hydrogen) atoms. The van der Waals surface area contributed by atoms with E-state index >= 15 is 0 Å². The van der Waals surface area contributed by atoms with E-state index in [0.29, 0.717) is 11.6 Å².